The van der Waals surface area contributed by atoms with Crippen molar-refractivity contribution in [2.24, 2.45) is 5.92 Å². The Hall–Kier alpha value is -0.120. The Morgan fingerprint density at radius 1 is 1.24 bits per heavy atom. The summed E-state index contributed by atoms with van der Waals surface area (Å²) in [5.74, 6) is 0.678. The zero-order valence-electron chi connectivity index (χ0n) is 11.7. The molecule has 0 aromatic carbocycles. The Morgan fingerprint density at radius 2 is 1.94 bits per heavy atom. The fourth-order valence-electron chi connectivity index (χ4n) is 3.65. The van der Waals surface area contributed by atoms with E-state index in [1.807, 2.05) is 0 Å². The van der Waals surface area contributed by atoms with Crippen molar-refractivity contribution in [3.8, 4) is 0 Å². The van der Waals surface area contributed by atoms with E-state index in [9.17, 15) is 0 Å². The fourth-order valence-corrected chi connectivity index (χ4v) is 3.65. The Bertz CT molecular complexity index is 230. The number of hydrogen-bond donors (Lipinski definition) is 1. The molecule has 2 saturated heterocycles. The summed E-state index contributed by atoms with van der Waals surface area (Å²) in [6, 6.07) is 0.545. The minimum Gasteiger partial charge on any atom is -0.381 e. The third kappa shape index (κ3) is 2.83. The summed E-state index contributed by atoms with van der Waals surface area (Å²) in [5, 5.41) is 3.56. The van der Waals surface area contributed by atoms with Crippen LogP contribution >= 0.6 is 0 Å². The first kappa shape index (κ1) is 13.3. The minimum atomic E-state index is 0.244. The molecule has 100 valence electrons. The average Bonchev–Trinajstić information content (AvgIpc) is 2.84. The molecule has 2 fully saturated rings. The van der Waals surface area contributed by atoms with Crippen molar-refractivity contribution in [1.82, 2.24) is 10.2 Å². The smallest absolute Gasteiger partial charge is 0.0510 e. The van der Waals surface area contributed by atoms with Gasteiger partial charge in [0.05, 0.1) is 6.61 Å². The van der Waals surface area contributed by atoms with Gasteiger partial charge < -0.3 is 10.1 Å². The molecule has 0 amide bonds. The second kappa shape index (κ2) is 5.68. The van der Waals surface area contributed by atoms with Crippen LogP contribution < -0.4 is 5.32 Å². The van der Waals surface area contributed by atoms with Crippen LogP contribution in [-0.4, -0.2) is 49.8 Å². The molecule has 0 aliphatic carbocycles. The summed E-state index contributed by atoms with van der Waals surface area (Å²) in [6.45, 7) is 9.20. The summed E-state index contributed by atoms with van der Waals surface area (Å²) in [5.41, 5.74) is 0.244. The lowest BCUT2D eigenvalue weighted by Crippen LogP contribution is -2.61. The summed E-state index contributed by atoms with van der Waals surface area (Å²) in [7, 11) is 2.11. The van der Waals surface area contributed by atoms with E-state index in [2.05, 4.69) is 31.1 Å². The second-order valence-corrected chi connectivity index (χ2v) is 6.09. The van der Waals surface area contributed by atoms with Gasteiger partial charge in [0.25, 0.3) is 0 Å². The van der Waals surface area contributed by atoms with Crippen molar-refractivity contribution < 1.29 is 4.74 Å². The summed E-state index contributed by atoms with van der Waals surface area (Å²) >= 11 is 0. The van der Waals surface area contributed by atoms with Gasteiger partial charge in [-0.15, -0.1) is 0 Å². The van der Waals surface area contributed by atoms with Crippen molar-refractivity contribution in [3.05, 3.63) is 0 Å². The van der Waals surface area contributed by atoms with Gasteiger partial charge >= 0.3 is 0 Å². The Balaban J connectivity index is 2.04. The molecule has 1 N–H and O–H groups in total. The first-order valence-electron chi connectivity index (χ1n) is 7.16. The average molecular weight is 240 g/mol. The van der Waals surface area contributed by atoms with Gasteiger partial charge in [0.2, 0.25) is 0 Å². The first-order chi connectivity index (χ1) is 8.16. The lowest BCUT2D eigenvalue weighted by molar-refractivity contribution is 0.0397. The van der Waals surface area contributed by atoms with E-state index >= 15 is 0 Å². The maximum atomic E-state index is 5.56. The largest absolute Gasteiger partial charge is 0.381 e. The molecule has 0 saturated carbocycles. The Kier molecular flexibility index (Phi) is 4.45. The van der Waals surface area contributed by atoms with E-state index in [1.54, 1.807) is 0 Å². The molecule has 17 heavy (non-hydrogen) atoms. The van der Waals surface area contributed by atoms with E-state index in [1.165, 1.54) is 38.8 Å². The predicted molar refractivity (Wildman–Crippen MR) is 71.3 cm³/mol. The van der Waals surface area contributed by atoms with Crippen LogP contribution in [0.15, 0.2) is 0 Å². The van der Waals surface area contributed by atoms with E-state index in [0.29, 0.717) is 12.0 Å². The van der Waals surface area contributed by atoms with Crippen LogP contribution in [0.2, 0.25) is 0 Å². The monoisotopic (exact) mass is 240 g/mol. The predicted octanol–water partition coefficient (Wildman–Crippen LogP) is 1.88. The van der Waals surface area contributed by atoms with Crippen molar-refractivity contribution in [1.29, 1.82) is 0 Å². The number of likely N-dealkylation sites (N-methyl/N-ethyl adjacent to an activating group) is 1. The van der Waals surface area contributed by atoms with E-state index in [4.69, 9.17) is 4.74 Å². The molecule has 2 rings (SSSR count). The SMILES string of the molecule is CNC(C1CCOC1)C(C)(C)N1CCCCC1. The van der Waals surface area contributed by atoms with Crippen LogP contribution in [0, 0.1) is 5.92 Å². The highest BCUT2D eigenvalue weighted by atomic mass is 16.5. The minimum absolute atomic E-state index is 0.244. The molecule has 3 nitrogen and oxygen atoms in total. The zero-order chi connectivity index (χ0) is 12.3. The quantitative estimate of drug-likeness (QED) is 0.812. The van der Waals surface area contributed by atoms with Crippen molar-refractivity contribution in [2.45, 2.75) is 51.1 Å². The van der Waals surface area contributed by atoms with Gasteiger partial charge in [-0.25, -0.2) is 0 Å². The van der Waals surface area contributed by atoms with Gasteiger partial charge in [-0.3, -0.25) is 4.90 Å². The number of rotatable bonds is 4. The molecular weight excluding hydrogens is 212 g/mol. The molecule has 2 atom stereocenters. The number of nitrogens with one attached hydrogen (secondary N) is 1. The van der Waals surface area contributed by atoms with Crippen molar-refractivity contribution >= 4 is 0 Å². The Morgan fingerprint density at radius 3 is 2.47 bits per heavy atom. The molecule has 0 aromatic heterocycles. The summed E-state index contributed by atoms with van der Waals surface area (Å²) in [6.07, 6.45) is 5.34. The molecule has 2 unspecified atom stereocenters. The first-order valence-corrected chi connectivity index (χ1v) is 7.16. The van der Waals surface area contributed by atoms with Crippen LogP contribution in [0.3, 0.4) is 0 Å². The molecule has 2 aliphatic rings. The highest BCUT2D eigenvalue weighted by molar-refractivity contribution is 4.98. The normalized spacial score (nSPS) is 29.5. The van der Waals surface area contributed by atoms with Crippen LogP contribution in [0.25, 0.3) is 0 Å². The lowest BCUT2D eigenvalue weighted by Gasteiger charge is -2.47. The van der Waals surface area contributed by atoms with Gasteiger partial charge in [0, 0.05) is 24.1 Å². The van der Waals surface area contributed by atoms with Crippen LogP contribution in [0.1, 0.15) is 39.5 Å². The highest BCUT2D eigenvalue weighted by Gasteiger charge is 2.40. The summed E-state index contributed by atoms with van der Waals surface area (Å²) < 4.78 is 5.56. The molecular formula is C14H28N2O. The molecule has 0 aromatic rings. The lowest BCUT2D eigenvalue weighted by atomic mass is 9.81. The third-order valence-electron chi connectivity index (χ3n) is 4.68. The van der Waals surface area contributed by atoms with Gasteiger partial charge in [0.1, 0.15) is 0 Å². The topological polar surface area (TPSA) is 24.5 Å². The number of likely N-dealkylation sites (tertiary alicyclic amines) is 1. The highest BCUT2D eigenvalue weighted by Crippen LogP contribution is 2.30. The third-order valence-corrected chi connectivity index (χ3v) is 4.68. The maximum Gasteiger partial charge on any atom is 0.0510 e. The van der Waals surface area contributed by atoms with Crippen LogP contribution in [0.4, 0.5) is 0 Å². The number of hydrogen-bond acceptors (Lipinski definition) is 3. The van der Waals surface area contributed by atoms with E-state index in [0.717, 1.165) is 13.2 Å². The number of ether oxygens (including phenoxy) is 1. The maximum absolute atomic E-state index is 5.56. The van der Waals surface area contributed by atoms with E-state index < -0.39 is 0 Å². The van der Waals surface area contributed by atoms with Gasteiger partial charge in [-0.2, -0.15) is 0 Å². The summed E-state index contributed by atoms with van der Waals surface area (Å²) in [4.78, 5) is 2.68. The molecule has 2 heterocycles. The number of piperidine rings is 1. The fraction of sp³-hybridized carbons (Fsp3) is 1.00. The standard InChI is InChI=1S/C14H28N2O/c1-14(2,16-8-5-4-6-9-16)13(15-3)12-7-10-17-11-12/h12-13,15H,4-11H2,1-3H3. The van der Waals surface area contributed by atoms with Crippen molar-refractivity contribution in [3.63, 3.8) is 0 Å². The molecule has 0 bridgehead atoms. The van der Waals surface area contributed by atoms with Gasteiger partial charge in [-0.1, -0.05) is 6.42 Å². The van der Waals surface area contributed by atoms with Gasteiger partial charge in [-0.05, 0) is 53.2 Å². The molecule has 0 spiro atoms. The van der Waals surface area contributed by atoms with Crippen LogP contribution in [0.5, 0.6) is 0 Å². The molecule has 0 radical (unpaired) electrons. The Labute approximate surface area is 106 Å². The molecule has 3 heteroatoms. The van der Waals surface area contributed by atoms with Crippen LogP contribution in [-0.2, 0) is 4.74 Å². The van der Waals surface area contributed by atoms with Gasteiger partial charge in [0.15, 0.2) is 0 Å². The number of nitrogens with zero attached hydrogens (tertiary/aromatic N) is 1. The van der Waals surface area contributed by atoms with E-state index in [-0.39, 0.29) is 5.54 Å². The molecule has 2 aliphatic heterocycles. The van der Waals surface area contributed by atoms with Crippen molar-refractivity contribution in [2.75, 3.05) is 33.4 Å². The zero-order valence-corrected chi connectivity index (χ0v) is 11.7. The second-order valence-electron chi connectivity index (χ2n) is 6.09.